The number of ketones is 2. The van der Waals surface area contributed by atoms with Crippen LogP contribution in [0.4, 0.5) is 0 Å². The molecule has 0 bridgehead atoms. The molecule has 1 aromatic heterocycles. The topological polar surface area (TPSA) is 117 Å². The highest BCUT2D eigenvalue weighted by molar-refractivity contribution is 6.31. The Labute approximate surface area is 118 Å². The van der Waals surface area contributed by atoms with Gasteiger partial charge in [0.1, 0.15) is 12.0 Å². The highest BCUT2D eigenvalue weighted by Gasteiger charge is 2.40. The van der Waals surface area contributed by atoms with Crippen molar-refractivity contribution in [2.24, 2.45) is 0 Å². The van der Waals surface area contributed by atoms with Gasteiger partial charge in [0.25, 0.3) is 0 Å². The van der Waals surface area contributed by atoms with Crippen LogP contribution in [-0.4, -0.2) is 34.0 Å². The Morgan fingerprint density at radius 1 is 0.952 bits per heavy atom. The number of hydrogen-bond donors (Lipinski definition) is 3. The van der Waals surface area contributed by atoms with Gasteiger partial charge in [-0.1, -0.05) is 0 Å². The van der Waals surface area contributed by atoms with E-state index in [1.807, 2.05) is 0 Å². The van der Waals surface area contributed by atoms with Gasteiger partial charge in [-0.3, -0.25) is 9.59 Å². The highest BCUT2D eigenvalue weighted by atomic mass is 16.5. The first kappa shape index (κ1) is 13.0. The van der Waals surface area contributed by atoms with E-state index >= 15 is 0 Å². The summed E-state index contributed by atoms with van der Waals surface area (Å²) in [6.45, 7) is 1.50. The van der Waals surface area contributed by atoms with E-state index in [-0.39, 0.29) is 16.9 Å². The first-order chi connectivity index (χ1) is 9.90. The molecule has 0 aliphatic heterocycles. The molecule has 0 saturated heterocycles. The molecule has 21 heavy (non-hydrogen) atoms. The molecule has 7 heteroatoms. The molecule has 0 fully saturated rings. The molecule has 108 valence electrons. The minimum atomic E-state index is -0.817. The number of rotatable bonds is 1. The van der Waals surface area contributed by atoms with Gasteiger partial charge in [-0.25, -0.2) is 0 Å². The number of aryl methyl sites for hydroxylation is 1. The Bertz CT molecular complexity index is 813. The van der Waals surface area contributed by atoms with Crippen molar-refractivity contribution in [3.8, 4) is 23.0 Å². The number of phenolic OH excluding ortho intramolecular Hbond substituents is 3. The average Bonchev–Trinajstić information content (AvgIpc) is 2.83. The van der Waals surface area contributed by atoms with Crippen LogP contribution in [0.5, 0.6) is 23.0 Å². The van der Waals surface area contributed by atoms with E-state index in [1.165, 1.54) is 6.92 Å². The first-order valence-electron chi connectivity index (χ1n) is 5.92. The van der Waals surface area contributed by atoms with Crippen molar-refractivity contribution < 1.29 is 34.1 Å². The molecule has 7 nitrogen and oxygen atoms in total. The summed E-state index contributed by atoms with van der Waals surface area (Å²) in [5, 5.41) is 29.8. The second-order valence-electron chi connectivity index (χ2n) is 4.57. The van der Waals surface area contributed by atoms with Crippen molar-refractivity contribution in [2.45, 2.75) is 6.92 Å². The number of carbonyl (C=O) groups is 2. The summed E-state index contributed by atoms with van der Waals surface area (Å²) in [7, 11) is 1.14. The Balaban J connectivity index is 2.45. The van der Waals surface area contributed by atoms with E-state index in [9.17, 15) is 24.9 Å². The Kier molecular flexibility index (Phi) is 2.49. The van der Waals surface area contributed by atoms with Gasteiger partial charge >= 0.3 is 0 Å². The number of furan rings is 1. The molecule has 0 atom stereocenters. The third kappa shape index (κ3) is 1.42. The zero-order valence-corrected chi connectivity index (χ0v) is 11.1. The molecule has 1 aliphatic rings. The summed E-state index contributed by atoms with van der Waals surface area (Å²) in [5.74, 6) is -3.98. The Morgan fingerprint density at radius 3 is 2.19 bits per heavy atom. The van der Waals surface area contributed by atoms with Crippen LogP contribution in [0, 0.1) is 6.92 Å². The van der Waals surface area contributed by atoms with Crippen molar-refractivity contribution in [2.75, 3.05) is 7.11 Å². The summed E-state index contributed by atoms with van der Waals surface area (Å²) in [6, 6.07) is 0. The van der Waals surface area contributed by atoms with Crippen LogP contribution >= 0.6 is 0 Å². The van der Waals surface area contributed by atoms with E-state index < -0.39 is 45.7 Å². The fraction of sp³-hybridized carbons (Fsp3) is 0.143. The lowest BCUT2D eigenvalue weighted by atomic mass is 9.84. The van der Waals surface area contributed by atoms with E-state index in [0.29, 0.717) is 0 Å². The van der Waals surface area contributed by atoms with E-state index in [2.05, 4.69) is 0 Å². The van der Waals surface area contributed by atoms with Gasteiger partial charge in [0, 0.05) is 0 Å². The monoisotopic (exact) mass is 290 g/mol. The van der Waals surface area contributed by atoms with Crippen LogP contribution in [0.1, 0.15) is 37.6 Å². The molecule has 0 saturated carbocycles. The fourth-order valence-electron chi connectivity index (χ4n) is 2.49. The van der Waals surface area contributed by atoms with Crippen molar-refractivity contribution in [3.63, 3.8) is 0 Å². The maximum Gasteiger partial charge on any atom is 0.207 e. The lowest BCUT2D eigenvalue weighted by molar-refractivity contribution is 0.0973. The second-order valence-corrected chi connectivity index (χ2v) is 4.57. The number of ether oxygens (including phenoxy) is 1. The van der Waals surface area contributed by atoms with Crippen LogP contribution in [0.15, 0.2) is 10.7 Å². The number of phenols is 3. The lowest BCUT2D eigenvalue weighted by Crippen LogP contribution is -2.20. The minimum absolute atomic E-state index is 0.0231. The standard InChI is InChI=1S/C14H10O7/c1-4-6-5(3-21-4)9(15)7-8(10(6)16)12(18)14(20-2)13(19)11(7)17/h3,17-19H,1-2H3. The number of hydrogen-bond acceptors (Lipinski definition) is 7. The van der Waals surface area contributed by atoms with E-state index in [4.69, 9.17) is 9.15 Å². The Hall–Kier alpha value is -2.96. The van der Waals surface area contributed by atoms with Gasteiger partial charge < -0.3 is 24.5 Å². The summed E-state index contributed by atoms with van der Waals surface area (Å²) in [5.41, 5.74) is -0.882. The van der Waals surface area contributed by atoms with Crippen molar-refractivity contribution in [3.05, 3.63) is 34.3 Å². The van der Waals surface area contributed by atoms with Crippen LogP contribution < -0.4 is 4.74 Å². The molecule has 0 amide bonds. The molecule has 3 rings (SSSR count). The Morgan fingerprint density at radius 2 is 1.57 bits per heavy atom. The maximum absolute atomic E-state index is 12.5. The van der Waals surface area contributed by atoms with Crippen LogP contribution in [-0.2, 0) is 0 Å². The first-order valence-corrected chi connectivity index (χ1v) is 5.92. The maximum atomic E-state index is 12.5. The molecule has 2 aromatic rings. The third-order valence-electron chi connectivity index (χ3n) is 3.48. The molecular formula is C14H10O7. The summed E-state index contributed by atoms with van der Waals surface area (Å²) in [6.07, 6.45) is 1.10. The second kappa shape index (κ2) is 4.02. The van der Waals surface area contributed by atoms with Gasteiger partial charge in [-0.05, 0) is 6.92 Å². The van der Waals surface area contributed by atoms with E-state index in [0.717, 1.165) is 13.4 Å². The average molecular weight is 290 g/mol. The normalized spacial score (nSPS) is 13.0. The quantitative estimate of drug-likeness (QED) is 0.459. The third-order valence-corrected chi connectivity index (χ3v) is 3.48. The number of methoxy groups -OCH3 is 1. The lowest BCUT2D eigenvalue weighted by Gasteiger charge is -2.19. The summed E-state index contributed by atoms with van der Waals surface area (Å²) >= 11 is 0. The molecule has 0 spiro atoms. The van der Waals surface area contributed by atoms with Crippen LogP contribution in [0.2, 0.25) is 0 Å². The van der Waals surface area contributed by atoms with Crippen LogP contribution in [0.25, 0.3) is 0 Å². The smallest absolute Gasteiger partial charge is 0.207 e. The molecular weight excluding hydrogens is 280 g/mol. The minimum Gasteiger partial charge on any atom is -0.504 e. The van der Waals surface area contributed by atoms with Crippen LogP contribution in [0.3, 0.4) is 0 Å². The largest absolute Gasteiger partial charge is 0.504 e. The fourth-order valence-corrected chi connectivity index (χ4v) is 2.49. The summed E-state index contributed by atoms with van der Waals surface area (Å²) in [4.78, 5) is 24.8. The molecule has 0 radical (unpaired) electrons. The zero-order chi connectivity index (χ0) is 15.5. The van der Waals surface area contributed by atoms with Gasteiger partial charge in [0.2, 0.25) is 23.1 Å². The van der Waals surface area contributed by atoms with Gasteiger partial charge in [0.15, 0.2) is 11.5 Å². The van der Waals surface area contributed by atoms with Crippen molar-refractivity contribution >= 4 is 11.6 Å². The molecule has 1 aliphatic carbocycles. The predicted molar refractivity (Wildman–Crippen MR) is 68.3 cm³/mol. The van der Waals surface area contributed by atoms with Gasteiger partial charge in [0.05, 0.1) is 29.4 Å². The molecule has 0 unspecified atom stereocenters. The predicted octanol–water partition coefficient (Wildman–Crippen LogP) is 1.49. The zero-order valence-electron chi connectivity index (χ0n) is 11.1. The number of benzene rings is 1. The van der Waals surface area contributed by atoms with Crippen molar-refractivity contribution in [1.29, 1.82) is 0 Å². The molecule has 1 aromatic carbocycles. The van der Waals surface area contributed by atoms with Gasteiger partial charge in [-0.2, -0.15) is 0 Å². The highest BCUT2D eigenvalue weighted by Crippen LogP contribution is 2.51. The summed E-state index contributed by atoms with van der Waals surface area (Å²) < 4.78 is 9.82. The number of carbonyl (C=O) groups excluding carboxylic acids is 2. The molecule has 3 N–H and O–H groups in total. The number of aromatic hydroxyl groups is 3. The van der Waals surface area contributed by atoms with Crippen molar-refractivity contribution in [1.82, 2.24) is 0 Å². The molecule has 1 heterocycles. The van der Waals surface area contributed by atoms with Gasteiger partial charge in [-0.15, -0.1) is 0 Å². The number of fused-ring (bicyclic) bond motifs is 2. The van der Waals surface area contributed by atoms with E-state index in [1.54, 1.807) is 0 Å². The SMILES string of the molecule is COc1c(O)c(O)c2c(c1O)C(=O)c1c(coc1C)C2=O.